The predicted octanol–water partition coefficient (Wildman–Crippen LogP) is 3.01. The first-order chi connectivity index (χ1) is 10.2. The lowest BCUT2D eigenvalue weighted by Crippen LogP contribution is -1.96. The van der Waals surface area contributed by atoms with E-state index in [0.717, 1.165) is 22.8 Å². The molecule has 1 heterocycles. The number of benzene rings is 2. The van der Waals surface area contributed by atoms with Gasteiger partial charge in [-0.05, 0) is 19.1 Å². The second-order valence-electron chi connectivity index (χ2n) is 5.02. The van der Waals surface area contributed by atoms with Crippen molar-refractivity contribution in [3.63, 3.8) is 0 Å². The van der Waals surface area contributed by atoms with E-state index in [1.54, 1.807) is 12.1 Å². The van der Waals surface area contributed by atoms with Gasteiger partial charge in [0.05, 0.1) is 11.4 Å². The summed E-state index contributed by atoms with van der Waals surface area (Å²) in [6.45, 7) is 2.43. The van der Waals surface area contributed by atoms with Crippen molar-refractivity contribution >= 4 is 0 Å². The molecule has 0 saturated carbocycles. The molecule has 0 aliphatic rings. The molecule has 0 fully saturated rings. The Morgan fingerprint density at radius 3 is 2.57 bits per heavy atom. The van der Waals surface area contributed by atoms with Gasteiger partial charge in [0.1, 0.15) is 11.6 Å². The summed E-state index contributed by atoms with van der Waals surface area (Å²) in [4.78, 5) is 4.59. The van der Waals surface area contributed by atoms with E-state index in [1.807, 2.05) is 35.0 Å². The molecule has 0 aliphatic heterocycles. The number of aromatic hydroxyl groups is 1. The third kappa shape index (κ3) is 2.66. The van der Waals surface area contributed by atoms with E-state index in [4.69, 9.17) is 5.73 Å². The van der Waals surface area contributed by atoms with Crippen molar-refractivity contribution in [3.05, 3.63) is 66.0 Å². The maximum absolute atomic E-state index is 9.68. The first-order valence-corrected chi connectivity index (χ1v) is 6.82. The molecular weight excluding hydrogens is 262 g/mol. The van der Waals surface area contributed by atoms with E-state index in [-0.39, 0.29) is 5.75 Å². The third-order valence-electron chi connectivity index (χ3n) is 3.38. The molecule has 3 N–H and O–H groups in total. The van der Waals surface area contributed by atoms with Gasteiger partial charge in [-0.3, -0.25) is 4.57 Å². The highest BCUT2D eigenvalue weighted by atomic mass is 16.3. The van der Waals surface area contributed by atoms with Gasteiger partial charge in [-0.2, -0.15) is 0 Å². The van der Waals surface area contributed by atoms with Crippen molar-refractivity contribution in [1.29, 1.82) is 0 Å². The van der Waals surface area contributed by atoms with Crippen LogP contribution in [0.3, 0.4) is 0 Å². The molecule has 0 amide bonds. The number of aromatic nitrogens is 2. The van der Waals surface area contributed by atoms with Gasteiger partial charge in [-0.15, -0.1) is 0 Å². The van der Waals surface area contributed by atoms with Crippen molar-refractivity contribution < 1.29 is 5.11 Å². The van der Waals surface area contributed by atoms with Crippen LogP contribution >= 0.6 is 0 Å². The molecule has 1 aromatic heterocycles. The fourth-order valence-corrected chi connectivity index (χ4v) is 2.27. The van der Waals surface area contributed by atoms with E-state index in [1.165, 1.54) is 5.56 Å². The highest BCUT2D eigenvalue weighted by Gasteiger charge is 2.11. The quantitative estimate of drug-likeness (QED) is 0.774. The Kier molecular flexibility index (Phi) is 3.46. The van der Waals surface area contributed by atoms with Crippen LogP contribution < -0.4 is 5.73 Å². The third-order valence-corrected chi connectivity index (χ3v) is 3.38. The maximum Gasteiger partial charge on any atom is 0.144 e. The number of hydrogen-bond acceptors (Lipinski definition) is 3. The fourth-order valence-electron chi connectivity index (χ4n) is 2.27. The average molecular weight is 279 g/mol. The molecule has 2 aromatic carbocycles. The molecule has 0 atom stereocenters. The van der Waals surface area contributed by atoms with Gasteiger partial charge >= 0.3 is 0 Å². The minimum Gasteiger partial charge on any atom is -0.508 e. The van der Waals surface area contributed by atoms with Gasteiger partial charge < -0.3 is 10.8 Å². The van der Waals surface area contributed by atoms with E-state index in [9.17, 15) is 5.11 Å². The Morgan fingerprint density at radius 2 is 1.90 bits per heavy atom. The largest absolute Gasteiger partial charge is 0.508 e. The second-order valence-corrected chi connectivity index (χ2v) is 5.02. The molecule has 3 rings (SSSR count). The van der Waals surface area contributed by atoms with Crippen LogP contribution in [0.4, 0.5) is 0 Å². The first-order valence-electron chi connectivity index (χ1n) is 6.82. The van der Waals surface area contributed by atoms with Gasteiger partial charge in [0.2, 0.25) is 0 Å². The number of aryl methyl sites for hydroxylation is 1. The molecule has 3 aromatic rings. The zero-order valence-electron chi connectivity index (χ0n) is 11.8. The van der Waals surface area contributed by atoms with Crippen LogP contribution in [0.5, 0.6) is 5.75 Å². The van der Waals surface area contributed by atoms with Crippen molar-refractivity contribution in [2.75, 3.05) is 0 Å². The molecular formula is C17H17N3O. The Hall–Kier alpha value is -2.59. The van der Waals surface area contributed by atoms with E-state index < -0.39 is 0 Å². The van der Waals surface area contributed by atoms with Gasteiger partial charge in [0.15, 0.2) is 0 Å². The van der Waals surface area contributed by atoms with Crippen LogP contribution in [-0.4, -0.2) is 14.7 Å². The van der Waals surface area contributed by atoms with Gasteiger partial charge in [-0.25, -0.2) is 4.98 Å². The van der Waals surface area contributed by atoms with E-state index in [0.29, 0.717) is 6.54 Å². The lowest BCUT2D eigenvalue weighted by atomic mass is 10.1. The molecule has 0 saturated heterocycles. The SMILES string of the molecule is Cc1ccc(-c2nc(CN)cn2-c2cccc(O)c2)cc1. The van der Waals surface area contributed by atoms with Crippen LogP contribution in [0.15, 0.2) is 54.7 Å². The Balaban J connectivity index is 2.16. The Morgan fingerprint density at radius 1 is 1.14 bits per heavy atom. The Bertz CT molecular complexity index is 760. The van der Waals surface area contributed by atoms with Crippen molar-refractivity contribution in [1.82, 2.24) is 9.55 Å². The summed E-state index contributed by atoms with van der Waals surface area (Å²) in [7, 11) is 0. The summed E-state index contributed by atoms with van der Waals surface area (Å²) >= 11 is 0. The summed E-state index contributed by atoms with van der Waals surface area (Å²) in [5.74, 6) is 1.05. The van der Waals surface area contributed by atoms with Crippen LogP contribution in [-0.2, 0) is 6.54 Å². The predicted molar refractivity (Wildman–Crippen MR) is 83.3 cm³/mol. The van der Waals surface area contributed by atoms with Gasteiger partial charge in [0.25, 0.3) is 0 Å². The first kappa shape index (κ1) is 13.4. The molecule has 21 heavy (non-hydrogen) atoms. The topological polar surface area (TPSA) is 64.1 Å². The van der Waals surface area contributed by atoms with Gasteiger partial charge in [0, 0.05) is 24.4 Å². The number of nitrogens with two attached hydrogens (primary N) is 1. The number of phenolic OH excluding ortho intramolecular Hbond substituents is 1. The average Bonchev–Trinajstić information content (AvgIpc) is 2.92. The van der Waals surface area contributed by atoms with E-state index in [2.05, 4.69) is 24.0 Å². The standard InChI is InChI=1S/C17H17N3O/c1-12-5-7-13(8-6-12)17-19-14(10-18)11-20(17)15-3-2-4-16(21)9-15/h2-9,11,21H,10,18H2,1H3. The minimum absolute atomic E-state index is 0.227. The molecule has 0 radical (unpaired) electrons. The lowest BCUT2D eigenvalue weighted by Gasteiger charge is -2.08. The highest BCUT2D eigenvalue weighted by Crippen LogP contribution is 2.25. The molecule has 0 unspecified atom stereocenters. The Labute approximate surface area is 123 Å². The van der Waals surface area contributed by atoms with Crippen LogP contribution in [0.1, 0.15) is 11.3 Å². The number of phenols is 1. The smallest absolute Gasteiger partial charge is 0.144 e. The highest BCUT2D eigenvalue weighted by molar-refractivity contribution is 5.60. The van der Waals surface area contributed by atoms with Crippen LogP contribution in [0, 0.1) is 6.92 Å². The van der Waals surface area contributed by atoms with Crippen LogP contribution in [0.2, 0.25) is 0 Å². The van der Waals surface area contributed by atoms with Gasteiger partial charge in [-0.1, -0.05) is 35.9 Å². The van der Waals surface area contributed by atoms with Crippen molar-refractivity contribution in [3.8, 4) is 22.8 Å². The summed E-state index contributed by atoms with van der Waals surface area (Å²) in [5, 5.41) is 9.68. The second kappa shape index (κ2) is 5.42. The normalized spacial score (nSPS) is 10.8. The summed E-state index contributed by atoms with van der Waals surface area (Å²) in [6.07, 6.45) is 1.91. The zero-order valence-corrected chi connectivity index (χ0v) is 11.8. The molecule has 106 valence electrons. The molecule has 0 spiro atoms. The number of imidazole rings is 1. The number of nitrogens with zero attached hydrogens (tertiary/aromatic N) is 2. The molecule has 0 aliphatic carbocycles. The van der Waals surface area contributed by atoms with Crippen molar-refractivity contribution in [2.45, 2.75) is 13.5 Å². The minimum atomic E-state index is 0.227. The lowest BCUT2D eigenvalue weighted by molar-refractivity contribution is 0.475. The molecule has 0 bridgehead atoms. The summed E-state index contributed by atoms with van der Waals surface area (Å²) in [5.41, 5.74) is 9.61. The maximum atomic E-state index is 9.68. The van der Waals surface area contributed by atoms with Crippen molar-refractivity contribution in [2.24, 2.45) is 5.73 Å². The van der Waals surface area contributed by atoms with E-state index >= 15 is 0 Å². The van der Waals surface area contributed by atoms with Crippen LogP contribution in [0.25, 0.3) is 17.1 Å². The summed E-state index contributed by atoms with van der Waals surface area (Å²) < 4.78 is 1.95. The number of hydrogen-bond donors (Lipinski definition) is 2. The fraction of sp³-hybridized carbons (Fsp3) is 0.118. The molecule has 4 nitrogen and oxygen atoms in total. The monoisotopic (exact) mass is 279 g/mol. The summed E-state index contributed by atoms with van der Waals surface area (Å²) in [6, 6.07) is 15.3. The number of rotatable bonds is 3. The zero-order chi connectivity index (χ0) is 14.8. The molecule has 4 heteroatoms.